The van der Waals surface area contributed by atoms with Crippen LogP contribution in [-0.4, -0.2) is 57.2 Å². The molecule has 148 valence electrons. The molecule has 0 atom stereocenters. The molecular formula is C21H25N3O3S. The predicted molar refractivity (Wildman–Crippen MR) is 114 cm³/mol. The van der Waals surface area contributed by atoms with E-state index in [1.807, 2.05) is 50.2 Å². The highest BCUT2D eigenvalue weighted by atomic mass is 32.1. The van der Waals surface area contributed by atoms with Crippen molar-refractivity contribution in [2.45, 2.75) is 6.92 Å². The molecule has 28 heavy (non-hydrogen) atoms. The molecule has 0 N–H and O–H groups in total. The summed E-state index contributed by atoms with van der Waals surface area (Å²) in [5, 5.41) is 0.653. The fraction of sp³-hybridized carbons (Fsp3) is 0.333. The van der Waals surface area contributed by atoms with Crippen LogP contribution in [0.25, 0.3) is 10.2 Å². The highest BCUT2D eigenvalue weighted by Crippen LogP contribution is 2.37. The van der Waals surface area contributed by atoms with Gasteiger partial charge in [-0.2, -0.15) is 0 Å². The number of benzene rings is 2. The Balaban J connectivity index is 2.09. The van der Waals surface area contributed by atoms with Crippen LogP contribution in [0.3, 0.4) is 0 Å². The molecule has 0 bridgehead atoms. The molecule has 3 rings (SSSR count). The van der Waals surface area contributed by atoms with E-state index in [2.05, 4.69) is 0 Å². The molecule has 0 aliphatic heterocycles. The van der Waals surface area contributed by atoms with Crippen LogP contribution in [0.15, 0.2) is 36.4 Å². The Morgan fingerprint density at radius 3 is 2.43 bits per heavy atom. The second-order valence-corrected chi connectivity index (χ2v) is 7.70. The maximum atomic E-state index is 13.4. The summed E-state index contributed by atoms with van der Waals surface area (Å²) in [4.78, 5) is 21.9. The van der Waals surface area contributed by atoms with E-state index in [1.165, 1.54) is 11.3 Å². The monoisotopic (exact) mass is 399 g/mol. The molecule has 0 spiro atoms. The lowest BCUT2D eigenvalue weighted by molar-refractivity contribution is 0.0982. The number of thiazole rings is 1. The molecule has 0 aliphatic carbocycles. The lowest BCUT2D eigenvalue weighted by Gasteiger charge is -2.22. The van der Waals surface area contributed by atoms with Gasteiger partial charge >= 0.3 is 0 Å². The van der Waals surface area contributed by atoms with Crippen molar-refractivity contribution in [3.8, 4) is 11.5 Å². The molecule has 1 heterocycles. The summed E-state index contributed by atoms with van der Waals surface area (Å²) in [7, 11) is 7.17. The summed E-state index contributed by atoms with van der Waals surface area (Å²) < 4.78 is 11.9. The quantitative estimate of drug-likeness (QED) is 0.604. The van der Waals surface area contributed by atoms with Gasteiger partial charge in [-0.25, -0.2) is 4.98 Å². The van der Waals surface area contributed by atoms with Gasteiger partial charge in [-0.3, -0.25) is 9.69 Å². The van der Waals surface area contributed by atoms with Gasteiger partial charge in [0.2, 0.25) is 0 Å². The maximum absolute atomic E-state index is 13.4. The van der Waals surface area contributed by atoms with Gasteiger partial charge in [-0.1, -0.05) is 29.5 Å². The predicted octanol–water partition coefficient (Wildman–Crippen LogP) is 3.83. The summed E-state index contributed by atoms with van der Waals surface area (Å²) in [5.74, 6) is 1.13. The number of hydrogen-bond donors (Lipinski definition) is 0. The van der Waals surface area contributed by atoms with Gasteiger partial charge in [0.25, 0.3) is 5.91 Å². The lowest BCUT2D eigenvalue weighted by atomic mass is 10.1. The number of carbonyl (C=O) groups is 1. The van der Waals surface area contributed by atoms with E-state index >= 15 is 0 Å². The molecule has 1 aromatic heterocycles. The van der Waals surface area contributed by atoms with E-state index < -0.39 is 0 Å². The Morgan fingerprint density at radius 2 is 1.75 bits per heavy atom. The van der Waals surface area contributed by atoms with Crippen molar-refractivity contribution < 1.29 is 14.3 Å². The van der Waals surface area contributed by atoms with E-state index in [9.17, 15) is 4.79 Å². The first kappa shape index (κ1) is 20.1. The Labute approximate surface area is 169 Å². The first-order valence-corrected chi connectivity index (χ1v) is 9.81. The van der Waals surface area contributed by atoms with Crippen LogP contribution in [0.4, 0.5) is 5.13 Å². The zero-order valence-corrected chi connectivity index (χ0v) is 17.7. The third-order valence-corrected chi connectivity index (χ3v) is 5.71. The number of amides is 1. The SMILES string of the molecule is COc1ccccc1C(=O)N(CCN(C)C)c1nc2c(OC)ccc(C)c2s1. The Hall–Kier alpha value is -2.64. The molecule has 1 amide bonds. The number of para-hydroxylation sites is 1. The summed E-state index contributed by atoms with van der Waals surface area (Å²) in [5.41, 5.74) is 2.41. The summed E-state index contributed by atoms with van der Waals surface area (Å²) >= 11 is 1.50. The van der Waals surface area contributed by atoms with Gasteiger partial charge in [0.05, 0.1) is 24.5 Å². The Bertz CT molecular complexity index is 984. The Kier molecular flexibility index (Phi) is 6.16. The number of rotatable bonds is 7. The minimum absolute atomic E-state index is 0.130. The van der Waals surface area contributed by atoms with Crippen molar-refractivity contribution in [3.63, 3.8) is 0 Å². The van der Waals surface area contributed by atoms with Crippen LogP contribution in [0, 0.1) is 6.92 Å². The van der Waals surface area contributed by atoms with Gasteiger partial charge < -0.3 is 14.4 Å². The van der Waals surface area contributed by atoms with Crippen molar-refractivity contribution in [3.05, 3.63) is 47.5 Å². The van der Waals surface area contributed by atoms with E-state index in [4.69, 9.17) is 14.5 Å². The number of carbonyl (C=O) groups excluding carboxylic acids is 1. The normalized spacial score (nSPS) is 11.1. The first-order chi connectivity index (χ1) is 13.5. The number of fused-ring (bicyclic) bond motifs is 1. The van der Waals surface area contributed by atoms with Crippen LogP contribution >= 0.6 is 11.3 Å². The summed E-state index contributed by atoms with van der Waals surface area (Å²) in [6.45, 7) is 3.27. The van der Waals surface area contributed by atoms with Gasteiger partial charge in [-0.05, 0) is 44.8 Å². The second kappa shape index (κ2) is 8.58. The van der Waals surface area contributed by atoms with E-state index in [1.54, 1.807) is 31.3 Å². The second-order valence-electron chi connectivity index (χ2n) is 6.72. The minimum Gasteiger partial charge on any atom is -0.496 e. The molecule has 0 saturated carbocycles. The average Bonchev–Trinajstić information content (AvgIpc) is 3.14. The molecule has 0 unspecified atom stereocenters. The lowest BCUT2D eigenvalue weighted by Crippen LogP contribution is -2.36. The van der Waals surface area contributed by atoms with Crippen LogP contribution in [0.5, 0.6) is 11.5 Å². The number of hydrogen-bond acceptors (Lipinski definition) is 6. The van der Waals surface area contributed by atoms with Crippen molar-refractivity contribution in [2.75, 3.05) is 46.3 Å². The molecule has 3 aromatic rings. The fourth-order valence-corrected chi connectivity index (χ4v) is 4.01. The van der Waals surface area contributed by atoms with E-state index in [-0.39, 0.29) is 5.91 Å². The topological polar surface area (TPSA) is 54.9 Å². The number of methoxy groups -OCH3 is 2. The fourth-order valence-electron chi connectivity index (χ4n) is 2.93. The highest BCUT2D eigenvalue weighted by molar-refractivity contribution is 7.22. The molecular weight excluding hydrogens is 374 g/mol. The Morgan fingerprint density at radius 1 is 1.04 bits per heavy atom. The summed E-state index contributed by atoms with van der Waals surface area (Å²) in [6.07, 6.45) is 0. The molecule has 0 radical (unpaired) electrons. The van der Waals surface area contributed by atoms with Crippen LogP contribution < -0.4 is 14.4 Å². The zero-order chi connectivity index (χ0) is 20.3. The average molecular weight is 400 g/mol. The van der Waals surface area contributed by atoms with E-state index in [0.717, 1.165) is 15.8 Å². The molecule has 0 saturated heterocycles. The van der Waals surface area contributed by atoms with Crippen LogP contribution in [0.1, 0.15) is 15.9 Å². The maximum Gasteiger partial charge on any atom is 0.263 e. The van der Waals surface area contributed by atoms with Crippen molar-refractivity contribution >= 4 is 32.6 Å². The highest BCUT2D eigenvalue weighted by Gasteiger charge is 2.25. The molecule has 6 nitrogen and oxygen atoms in total. The summed E-state index contributed by atoms with van der Waals surface area (Å²) in [6, 6.07) is 11.2. The van der Waals surface area contributed by atoms with Crippen molar-refractivity contribution in [1.29, 1.82) is 0 Å². The number of ether oxygens (including phenoxy) is 2. The van der Waals surface area contributed by atoms with Crippen LogP contribution in [0.2, 0.25) is 0 Å². The smallest absolute Gasteiger partial charge is 0.263 e. The third-order valence-electron chi connectivity index (χ3n) is 4.50. The number of aryl methyl sites for hydroxylation is 1. The number of anilines is 1. The standard InChI is InChI=1S/C21H25N3O3S/c1-14-10-11-17(27-5)18-19(14)28-21(22-18)24(13-12-23(2)3)20(25)15-8-6-7-9-16(15)26-4/h6-11H,12-13H2,1-5H3. The van der Waals surface area contributed by atoms with Gasteiger partial charge in [0, 0.05) is 13.1 Å². The first-order valence-electron chi connectivity index (χ1n) is 9.00. The van der Waals surface area contributed by atoms with Gasteiger partial charge in [0.1, 0.15) is 17.0 Å². The molecule has 0 fully saturated rings. The largest absolute Gasteiger partial charge is 0.496 e. The molecule has 7 heteroatoms. The van der Waals surface area contributed by atoms with E-state index in [0.29, 0.717) is 35.3 Å². The number of likely N-dealkylation sites (N-methyl/N-ethyl adjacent to an activating group) is 1. The van der Waals surface area contributed by atoms with Gasteiger partial charge in [-0.15, -0.1) is 0 Å². The zero-order valence-electron chi connectivity index (χ0n) is 16.9. The van der Waals surface area contributed by atoms with Crippen molar-refractivity contribution in [1.82, 2.24) is 9.88 Å². The number of aromatic nitrogens is 1. The molecule has 2 aromatic carbocycles. The minimum atomic E-state index is -0.130. The third kappa shape index (κ3) is 3.95. The van der Waals surface area contributed by atoms with Crippen molar-refractivity contribution in [2.24, 2.45) is 0 Å². The molecule has 0 aliphatic rings. The van der Waals surface area contributed by atoms with Crippen LogP contribution in [-0.2, 0) is 0 Å². The van der Waals surface area contributed by atoms with Gasteiger partial charge in [0.15, 0.2) is 5.13 Å². The number of nitrogens with zero attached hydrogens (tertiary/aromatic N) is 3.